The zero-order valence-corrected chi connectivity index (χ0v) is 16.6. The van der Waals surface area contributed by atoms with Crippen molar-refractivity contribution in [1.29, 1.82) is 0 Å². The molecule has 0 bridgehead atoms. The average molecular weight is 421 g/mol. The SMILES string of the molecule is O=C(C1CC1)N(Cc1cccc(F)c1)CC1CC(c2ccc(Cl)c(Cl)c2)=NO1. The molecule has 28 heavy (non-hydrogen) atoms. The molecular weight excluding hydrogens is 402 g/mol. The Kier molecular flexibility index (Phi) is 5.56. The number of oxime groups is 1. The predicted molar refractivity (Wildman–Crippen MR) is 107 cm³/mol. The van der Waals surface area contributed by atoms with E-state index in [9.17, 15) is 9.18 Å². The van der Waals surface area contributed by atoms with Gasteiger partial charge in [0.05, 0.1) is 22.3 Å². The molecule has 1 amide bonds. The number of benzene rings is 2. The fraction of sp³-hybridized carbons (Fsp3) is 0.333. The number of carbonyl (C=O) groups excluding carboxylic acids is 1. The highest BCUT2D eigenvalue weighted by atomic mass is 35.5. The molecule has 2 aromatic rings. The highest BCUT2D eigenvalue weighted by Gasteiger charge is 2.35. The minimum Gasteiger partial charge on any atom is -0.390 e. The first-order valence-electron chi connectivity index (χ1n) is 9.21. The van der Waals surface area contributed by atoms with Crippen LogP contribution in [0.1, 0.15) is 30.4 Å². The van der Waals surface area contributed by atoms with Crippen molar-refractivity contribution < 1.29 is 14.0 Å². The van der Waals surface area contributed by atoms with E-state index in [1.807, 2.05) is 12.1 Å². The van der Waals surface area contributed by atoms with Gasteiger partial charge in [-0.2, -0.15) is 0 Å². The summed E-state index contributed by atoms with van der Waals surface area (Å²) in [5.74, 6) is -0.139. The lowest BCUT2D eigenvalue weighted by molar-refractivity contribution is -0.135. The van der Waals surface area contributed by atoms with Crippen LogP contribution >= 0.6 is 23.2 Å². The highest BCUT2D eigenvalue weighted by Crippen LogP contribution is 2.32. The second kappa shape index (κ2) is 8.10. The van der Waals surface area contributed by atoms with Crippen molar-refractivity contribution in [1.82, 2.24) is 4.90 Å². The molecule has 0 saturated heterocycles. The van der Waals surface area contributed by atoms with Gasteiger partial charge in [-0.1, -0.05) is 46.6 Å². The van der Waals surface area contributed by atoms with Crippen LogP contribution < -0.4 is 0 Å². The van der Waals surface area contributed by atoms with Crippen molar-refractivity contribution in [3.63, 3.8) is 0 Å². The summed E-state index contributed by atoms with van der Waals surface area (Å²) in [5, 5.41) is 5.11. The minimum atomic E-state index is -0.307. The number of rotatable bonds is 6. The smallest absolute Gasteiger partial charge is 0.226 e. The van der Waals surface area contributed by atoms with Crippen molar-refractivity contribution in [3.05, 3.63) is 69.5 Å². The van der Waals surface area contributed by atoms with Gasteiger partial charge in [0, 0.05) is 24.4 Å². The molecule has 1 atom stereocenters. The summed E-state index contributed by atoms with van der Waals surface area (Å²) in [6.07, 6.45) is 2.14. The van der Waals surface area contributed by atoms with Gasteiger partial charge in [0.1, 0.15) is 5.82 Å². The molecule has 1 saturated carbocycles. The molecule has 0 radical (unpaired) electrons. The fourth-order valence-electron chi connectivity index (χ4n) is 3.29. The van der Waals surface area contributed by atoms with Crippen LogP contribution in [0.25, 0.3) is 0 Å². The molecular formula is C21H19Cl2FN2O2. The van der Waals surface area contributed by atoms with Crippen LogP contribution in [0.2, 0.25) is 10.0 Å². The van der Waals surface area contributed by atoms with Gasteiger partial charge >= 0.3 is 0 Å². The van der Waals surface area contributed by atoms with Crippen molar-refractivity contribution in [2.45, 2.75) is 31.9 Å². The van der Waals surface area contributed by atoms with Crippen LogP contribution in [0.3, 0.4) is 0 Å². The Morgan fingerprint density at radius 3 is 2.71 bits per heavy atom. The van der Waals surface area contributed by atoms with Gasteiger partial charge < -0.3 is 9.74 Å². The molecule has 1 heterocycles. The van der Waals surface area contributed by atoms with Crippen LogP contribution in [0.15, 0.2) is 47.6 Å². The lowest BCUT2D eigenvalue weighted by atomic mass is 10.0. The molecule has 1 fully saturated rings. The van der Waals surface area contributed by atoms with E-state index in [1.54, 1.807) is 23.1 Å². The van der Waals surface area contributed by atoms with Crippen LogP contribution in [-0.4, -0.2) is 29.2 Å². The molecule has 0 N–H and O–H groups in total. The van der Waals surface area contributed by atoms with E-state index in [1.165, 1.54) is 12.1 Å². The molecule has 0 aromatic heterocycles. The molecule has 2 aromatic carbocycles. The summed E-state index contributed by atoms with van der Waals surface area (Å²) in [7, 11) is 0. The summed E-state index contributed by atoms with van der Waals surface area (Å²) >= 11 is 12.1. The van der Waals surface area contributed by atoms with Gasteiger partial charge in [0.2, 0.25) is 5.91 Å². The Morgan fingerprint density at radius 2 is 2.00 bits per heavy atom. The van der Waals surface area contributed by atoms with Gasteiger partial charge in [0.25, 0.3) is 0 Å². The Balaban J connectivity index is 1.44. The zero-order valence-electron chi connectivity index (χ0n) is 15.1. The Morgan fingerprint density at radius 1 is 1.18 bits per heavy atom. The van der Waals surface area contributed by atoms with Gasteiger partial charge in [-0.25, -0.2) is 4.39 Å². The lowest BCUT2D eigenvalue weighted by Crippen LogP contribution is -2.38. The number of hydrogen-bond acceptors (Lipinski definition) is 3. The average Bonchev–Trinajstić information content (AvgIpc) is 3.42. The zero-order chi connectivity index (χ0) is 19.7. The lowest BCUT2D eigenvalue weighted by Gasteiger charge is -2.25. The molecule has 4 rings (SSSR count). The first-order valence-corrected chi connectivity index (χ1v) is 9.96. The maximum absolute atomic E-state index is 13.5. The van der Waals surface area contributed by atoms with E-state index >= 15 is 0 Å². The van der Waals surface area contributed by atoms with E-state index in [0.29, 0.717) is 29.6 Å². The third kappa shape index (κ3) is 4.47. The van der Waals surface area contributed by atoms with Crippen molar-refractivity contribution in [3.8, 4) is 0 Å². The standard InChI is InChI=1S/C21H19Cl2FN2O2/c22-18-7-6-15(9-19(18)23)20-10-17(28-25-20)12-26(21(27)14-4-5-14)11-13-2-1-3-16(24)8-13/h1-3,6-9,14,17H,4-5,10-12H2. The van der Waals surface area contributed by atoms with Crippen LogP contribution in [0.5, 0.6) is 0 Å². The topological polar surface area (TPSA) is 41.9 Å². The Labute approximate surface area is 172 Å². The van der Waals surface area contributed by atoms with E-state index in [4.69, 9.17) is 28.0 Å². The quantitative estimate of drug-likeness (QED) is 0.654. The third-order valence-electron chi connectivity index (χ3n) is 4.91. The molecule has 4 nitrogen and oxygen atoms in total. The van der Waals surface area contributed by atoms with Crippen molar-refractivity contribution in [2.75, 3.05) is 6.54 Å². The number of amides is 1. The maximum Gasteiger partial charge on any atom is 0.226 e. The van der Waals surface area contributed by atoms with E-state index in [-0.39, 0.29) is 23.7 Å². The molecule has 0 spiro atoms. The largest absolute Gasteiger partial charge is 0.390 e. The predicted octanol–water partition coefficient (Wildman–Crippen LogP) is 5.06. The number of nitrogens with zero attached hydrogens (tertiary/aromatic N) is 2. The minimum absolute atomic E-state index is 0.0745. The Bertz CT molecular complexity index is 930. The second-order valence-electron chi connectivity index (χ2n) is 7.22. The molecule has 1 unspecified atom stereocenters. The molecule has 7 heteroatoms. The molecule has 146 valence electrons. The van der Waals surface area contributed by atoms with Crippen LogP contribution in [0, 0.1) is 11.7 Å². The molecule has 1 aliphatic heterocycles. The van der Waals surface area contributed by atoms with E-state index < -0.39 is 0 Å². The summed E-state index contributed by atoms with van der Waals surface area (Å²) in [6.45, 7) is 0.759. The van der Waals surface area contributed by atoms with Crippen LogP contribution in [-0.2, 0) is 16.2 Å². The molecule has 1 aliphatic carbocycles. The summed E-state index contributed by atoms with van der Waals surface area (Å²) in [6, 6.07) is 11.7. The second-order valence-corrected chi connectivity index (χ2v) is 8.04. The first kappa shape index (κ1) is 19.2. The monoisotopic (exact) mass is 420 g/mol. The van der Waals surface area contributed by atoms with Gasteiger partial charge in [-0.05, 0) is 42.7 Å². The molecule has 2 aliphatic rings. The highest BCUT2D eigenvalue weighted by molar-refractivity contribution is 6.42. The maximum atomic E-state index is 13.5. The van der Waals surface area contributed by atoms with Gasteiger partial charge in [-0.15, -0.1) is 0 Å². The van der Waals surface area contributed by atoms with Gasteiger partial charge in [-0.3, -0.25) is 4.79 Å². The number of hydrogen-bond donors (Lipinski definition) is 0. The third-order valence-corrected chi connectivity index (χ3v) is 5.65. The summed E-state index contributed by atoms with van der Waals surface area (Å²) in [5.41, 5.74) is 2.38. The normalized spacial score (nSPS) is 18.5. The fourth-order valence-corrected chi connectivity index (χ4v) is 3.59. The van der Waals surface area contributed by atoms with Crippen LogP contribution in [0.4, 0.5) is 4.39 Å². The summed E-state index contributed by atoms with van der Waals surface area (Å²) in [4.78, 5) is 20.1. The first-order chi connectivity index (χ1) is 13.5. The number of carbonyl (C=O) groups is 1. The number of halogens is 3. The van der Waals surface area contributed by atoms with Gasteiger partial charge in [0.15, 0.2) is 6.10 Å². The van der Waals surface area contributed by atoms with Crippen molar-refractivity contribution >= 4 is 34.8 Å². The van der Waals surface area contributed by atoms with E-state index in [2.05, 4.69) is 5.16 Å². The van der Waals surface area contributed by atoms with E-state index in [0.717, 1.165) is 29.7 Å². The Hall–Kier alpha value is -2.11. The summed E-state index contributed by atoms with van der Waals surface area (Å²) < 4.78 is 13.5. The van der Waals surface area contributed by atoms with Crippen molar-refractivity contribution in [2.24, 2.45) is 11.1 Å².